The average Bonchev–Trinajstić information content (AvgIpc) is 2.73. The zero-order chi connectivity index (χ0) is 15.2. The molecule has 4 heteroatoms. The van der Waals surface area contributed by atoms with E-state index < -0.39 is 17.9 Å². The molecule has 1 atom stereocenters. The fourth-order valence-corrected chi connectivity index (χ4v) is 3.14. The van der Waals surface area contributed by atoms with E-state index in [2.05, 4.69) is 0 Å². The normalized spacial score (nSPS) is 17.9. The van der Waals surface area contributed by atoms with Crippen molar-refractivity contribution in [2.24, 2.45) is 0 Å². The molecule has 0 radical (unpaired) electrons. The molecule has 1 aromatic carbocycles. The van der Waals surface area contributed by atoms with Gasteiger partial charge in [-0.2, -0.15) is 0 Å². The standard InChI is InChI=1S/C17H22O4/c18-16(19)11-15(17(20)21)14-9-7-13(8-10-14)12-5-3-1-2-4-6-12/h7-10,12,15H,1-6,11H2,(H,18,19)(H,20,21)/t15-/m0/s1. The lowest BCUT2D eigenvalue weighted by molar-refractivity contribution is -0.145. The van der Waals surface area contributed by atoms with E-state index in [1.165, 1.54) is 44.1 Å². The lowest BCUT2D eigenvalue weighted by Crippen LogP contribution is -2.16. The molecule has 21 heavy (non-hydrogen) atoms. The van der Waals surface area contributed by atoms with Gasteiger partial charge in [-0.1, -0.05) is 49.9 Å². The molecule has 4 nitrogen and oxygen atoms in total. The number of carboxylic acids is 2. The summed E-state index contributed by atoms with van der Waals surface area (Å²) in [6.07, 6.45) is 7.11. The summed E-state index contributed by atoms with van der Waals surface area (Å²) in [6, 6.07) is 7.51. The summed E-state index contributed by atoms with van der Waals surface area (Å²) >= 11 is 0. The van der Waals surface area contributed by atoms with Gasteiger partial charge >= 0.3 is 11.9 Å². The Bertz CT molecular complexity index is 484. The van der Waals surface area contributed by atoms with Crippen LogP contribution in [0.3, 0.4) is 0 Å². The minimum atomic E-state index is -1.09. The molecular weight excluding hydrogens is 268 g/mol. The van der Waals surface area contributed by atoms with Crippen molar-refractivity contribution in [1.82, 2.24) is 0 Å². The smallest absolute Gasteiger partial charge is 0.311 e. The number of hydrogen-bond acceptors (Lipinski definition) is 2. The second-order valence-corrected chi connectivity index (χ2v) is 5.84. The third-order valence-corrected chi connectivity index (χ3v) is 4.34. The zero-order valence-electron chi connectivity index (χ0n) is 12.1. The first-order valence-electron chi connectivity index (χ1n) is 7.62. The molecule has 2 N–H and O–H groups in total. The summed E-state index contributed by atoms with van der Waals surface area (Å²) in [5.41, 5.74) is 1.82. The molecular formula is C17H22O4. The maximum Gasteiger partial charge on any atom is 0.311 e. The third-order valence-electron chi connectivity index (χ3n) is 4.34. The summed E-state index contributed by atoms with van der Waals surface area (Å²) in [5.74, 6) is -2.58. The van der Waals surface area contributed by atoms with Crippen molar-refractivity contribution in [1.29, 1.82) is 0 Å². The molecule has 0 bridgehead atoms. The van der Waals surface area contributed by atoms with E-state index in [1.807, 2.05) is 12.1 Å². The highest BCUT2D eigenvalue weighted by atomic mass is 16.4. The van der Waals surface area contributed by atoms with Gasteiger partial charge in [0.05, 0.1) is 12.3 Å². The second-order valence-electron chi connectivity index (χ2n) is 5.84. The van der Waals surface area contributed by atoms with Crippen LogP contribution in [0.2, 0.25) is 0 Å². The Morgan fingerprint density at radius 3 is 2.05 bits per heavy atom. The van der Waals surface area contributed by atoms with Gasteiger partial charge in [0, 0.05) is 0 Å². The number of rotatable bonds is 5. The van der Waals surface area contributed by atoms with Gasteiger partial charge < -0.3 is 10.2 Å². The molecule has 0 heterocycles. The summed E-state index contributed by atoms with van der Waals surface area (Å²) in [5, 5.41) is 18.0. The first kappa shape index (κ1) is 15.5. The molecule has 0 amide bonds. The molecule has 114 valence electrons. The molecule has 1 aliphatic carbocycles. The van der Waals surface area contributed by atoms with Crippen molar-refractivity contribution in [2.45, 2.75) is 56.8 Å². The van der Waals surface area contributed by atoms with Gasteiger partial charge in [0.2, 0.25) is 0 Å². The first-order chi connectivity index (χ1) is 10.1. The molecule has 1 aliphatic rings. The molecule has 0 saturated heterocycles. The van der Waals surface area contributed by atoms with Crippen LogP contribution < -0.4 is 0 Å². The fraction of sp³-hybridized carbons (Fsp3) is 0.529. The van der Waals surface area contributed by atoms with Gasteiger partial charge in [-0.25, -0.2) is 0 Å². The Labute approximate surface area is 124 Å². The molecule has 0 aliphatic heterocycles. The number of aliphatic carboxylic acids is 2. The second kappa shape index (κ2) is 7.25. The predicted molar refractivity (Wildman–Crippen MR) is 79.5 cm³/mol. The van der Waals surface area contributed by atoms with Gasteiger partial charge in [0.1, 0.15) is 0 Å². The predicted octanol–water partition coefficient (Wildman–Crippen LogP) is 3.77. The summed E-state index contributed by atoms with van der Waals surface area (Å²) in [4.78, 5) is 22.0. The van der Waals surface area contributed by atoms with E-state index in [9.17, 15) is 9.59 Å². The highest BCUT2D eigenvalue weighted by Gasteiger charge is 2.23. The maximum atomic E-state index is 11.2. The van der Waals surface area contributed by atoms with Crippen LogP contribution in [-0.4, -0.2) is 22.2 Å². The van der Waals surface area contributed by atoms with Crippen molar-refractivity contribution >= 4 is 11.9 Å². The van der Waals surface area contributed by atoms with Crippen molar-refractivity contribution in [3.05, 3.63) is 35.4 Å². The Kier molecular flexibility index (Phi) is 5.37. The SMILES string of the molecule is O=C(O)C[C@H](C(=O)O)c1ccc(C2CCCCCC2)cc1. The van der Waals surface area contributed by atoms with E-state index in [1.54, 1.807) is 12.1 Å². The summed E-state index contributed by atoms with van der Waals surface area (Å²) < 4.78 is 0. The van der Waals surface area contributed by atoms with Gasteiger partial charge in [-0.05, 0) is 29.9 Å². The quantitative estimate of drug-likeness (QED) is 0.809. The monoisotopic (exact) mass is 290 g/mol. The van der Waals surface area contributed by atoms with Crippen LogP contribution in [0.25, 0.3) is 0 Å². The lowest BCUT2D eigenvalue weighted by atomic mass is 9.89. The van der Waals surface area contributed by atoms with Crippen molar-refractivity contribution in [3.63, 3.8) is 0 Å². The number of benzene rings is 1. The topological polar surface area (TPSA) is 74.6 Å². The Hall–Kier alpha value is -1.84. The number of carboxylic acid groups (broad SMARTS) is 2. The lowest BCUT2D eigenvalue weighted by Gasteiger charge is -2.16. The summed E-state index contributed by atoms with van der Waals surface area (Å²) in [6.45, 7) is 0. The minimum Gasteiger partial charge on any atom is -0.481 e. The van der Waals surface area contributed by atoms with Gasteiger partial charge in [-0.15, -0.1) is 0 Å². The minimum absolute atomic E-state index is 0.377. The zero-order valence-corrected chi connectivity index (χ0v) is 12.1. The van der Waals surface area contributed by atoms with E-state index in [0.29, 0.717) is 11.5 Å². The van der Waals surface area contributed by atoms with Crippen molar-refractivity contribution < 1.29 is 19.8 Å². The molecule has 1 fully saturated rings. The largest absolute Gasteiger partial charge is 0.481 e. The highest BCUT2D eigenvalue weighted by molar-refractivity contribution is 5.82. The molecule has 0 aromatic heterocycles. The van der Waals surface area contributed by atoms with Crippen molar-refractivity contribution in [3.8, 4) is 0 Å². The van der Waals surface area contributed by atoms with E-state index in [0.717, 1.165) is 0 Å². The fourth-order valence-electron chi connectivity index (χ4n) is 3.14. The van der Waals surface area contributed by atoms with E-state index in [4.69, 9.17) is 10.2 Å². The van der Waals surface area contributed by atoms with Crippen LogP contribution in [0.5, 0.6) is 0 Å². The summed E-state index contributed by atoms with van der Waals surface area (Å²) in [7, 11) is 0. The maximum absolute atomic E-state index is 11.2. The van der Waals surface area contributed by atoms with Crippen LogP contribution in [0.4, 0.5) is 0 Å². The number of hydrogen-bond donors (Lipinski definition) is 2. The average molecular weight is 290 g/mol. The van der Waals surface area contributed by atoms with Crippen LogP contribution in [0, 0.1) is 0 Å². The molecule has 0 spiro atoms. The molecule has 1 saturated carbocycles. The Balaban J connectivity index is 2.12. The van der Waals surface area contributed by atoms with Gasteiger partial charge in [0.25, 0.3) is 0 Å². The van der Waals surface area contributed by atoms with E-state index in [-0.39, 0.29) is 6.42 Å². The highest BCUT2D eigenvalue weighted by Crippen LogP contribution is 2.32. The molecule has 0 unspecified atom stereocenters. The molecule has 2 rings (SSSR count). The van der Waals surface area contributed by atoms with Crippen LogP contribution >= 0.6 is 0 Å². The number of carbonyl (C=O) groups is 2. The van der Waals surface area contributed by atoms with Crippen LogP contribution in [-0.2, 0) is 9.59 Å². The Morgan fingerprint density at radius 2 is 1.57 bits per heavy atom. The molecule has 1 aromatic rings. The van der Waals surface area contributed by atoms with E-state index >= 15 is 0 Å². The van der Waals surface area contributed by atoms with Gasteiger partial charge in [-0.3, -0.25) is 9.59 Å². The Morgan fingerprint density at radius 1 is 1.00 bits per heavy atom. The van der Waals surface area contributed by atoms with Crippen LogP contribution in [0.1, 0.15) is 67.9 Å². The first-order valence-corrected chi connectivity index (χ1v) is 7.62. The van der Waals surface area contributed by atoms with Crippen molar-refractivity contribution in [2.75, 3.05) is 0 Å². The van der Waals surface area contributed by atoms with Crippen LogP contribution in [0.15, 0.2) is 24.3 Å². The third kappa shape index (κ3) is 4.31. The van der Waals surface area contributed by atoms with Gasteiger partial charge in [0.15, 0.2) is 0 Å².